The van der Waals surface area contributed by atoms with Crippen molar-refractivity contribution in [2.24, 2.45) is 5.41 Å². The molecule has 3 N–H and O–H groups in total. The molecule has 1 aliphatic carbocycles. The third-order valence-corrected chi connectivity index (χ3v) is 3.57. The molecular formula is C13H23NO4. The molecule has 0 aromatic heterocycles. The van der Waals surface area contributed by atoms with Crippen LogP contribution in [0.5, 0.6) is 0 Å². The number of rotatable bonds is 6. The van der Waals surface area contributed by atoms with Crippen molar-refractivity contribution in [2.45, 2.75) is 58.0 Å². The Kier molecular flexibility index (Phi) is 5.59. The maximum atomic E-state index is 11.8. The number of nitrogens with one attached hydrogen (secondary N) is 1. The van der Waals surface area contributed by atoms with Crippen LogP contribution in [0.1, 0.15) is 51.9 Å². The van der Waals surface area contributed by atoms with Crippen LogP contribution in [-0.4, -0.2) is 34.7 Å². The lowest BCUT2D eigenvalue weighted by Crippen LogP contribution is -2.37. The first-order chi connectivity index (χ1) is 8.43. The summed E-state index contributed by atoms with van der Waals surface area (Å²) in [5.74, 6) is -0.987. The van der Waals surface area contributed by atoms with Crippen molar-refractivity contribution in [3.63, 3.8) is 0 Å². The second-order valence-electron chi connectivity index (χ2n) is 5.46. The van der Waals surface area contributed by atoms with Gasteiger partial charge >= 0.3 is 5.97 Å². The molecule has 104 valence electrons. The number of amides is 1. The predicted octanol–water partition coefficient (Wildman–Crippen LogP) is 1.30. The average Bonchev–Trinajstić information content (AvgIpc) is 2.26. The summed E-state index contributed by atoms with van der Waals surface area (Å²) in [6.07, 6.45) is 4.48. The van der Waals surface area contributed by atoms with Gasteiger partial charge in [-0.25, -0.2) is 0 Å². The third kappa shape index (κ3) is 5.04. The van der Waals surface area contributed by atoms with E-state index in [1.54, 1.807) is 6.92 Å². The van der Waals surface area contributed by atoms with E-state index in [0.29, 0.717) is 0 Å². The molecule has 0 unspecified atom stereocenters. The number of aliphatic hydroxyl groups is 1. The van der Waals surface area contributed by atoms with Gasteiger partial charge in [0, 0.05) is 13.0 Å². The molecule has 1 saturated carbocycles. The van der Waals surface area contributed by atoms with Crippen LogP contribution in [0.4, 0.5) is 0 Å². The Morgan fingerprint density at radius 1 is 1.22 bits per heavy atom. The van der Waals surface area contributed by atoms with E-state index in [1.165, 1.54) is 0 Å². The maximum absolute atomic E-state index is 11.8. The molecule has 0 heterocycles. The molecule has 5 heteroatoms. The van der Waals surface area contributed by atoms with E-state index in [1.807, 2.05) is 0 Å². The van der Waals surface area contributed by atoms with E-state index < -0.39 is 12.1 Å². The molecule has 1 atom stereocenters. The van der Waals surface area contributed by atoms with Crippen LogP contribution < -0.4 is 5.32 Å². The van der Waals surface area contributed by atoms with Crippen LogP contribution in [0.2, 0.25) is 0 Å². The SMILES string of the molecule is C[C@H](O)CNC(=O)CC1(CC(=O)O)CCCCC1. The summed E-state index contributed by atoms with van der Waals surface area (Å²) in [6, 6.07) is 0. The molecule has 1 amide bonds. The smallest absolute Gasteiger partial charge is 0.303 e. The molecular weight excluding hydrogens is 234 g/mol. The highest BCUT2D eigenvalue weighted by Crippen LogP contribution is 2.42. The summed E-state index contributed by atoms with van der Waals surface area (Å²) < 4.78 is 0. The molecule has 18 heavy (non-hydrogen) atoms. The largest absolute Gasteiger partial charge is 0.481 e. The average molecular weight is 257 g/mol. The van der Waals surface area contributed by atoms with Crippen LogP contribution in [-0.2, 0) is 9.59 Å². The standard InChI is InChI=1S/C13H23NO4/c1-10(15)9-14-11(16)7-13(8-12(17)18)5-3-2-4-6-13/h10,15H,2-9H2,1H3,(H,14,16)(H,17,18)/t10-/m0/s1. The number of aliphatic hydroxyl groups excluding tert-OH is 1. The molecule has 0 aliphatic heterocycles. The van der Waals surface area contributed by atoms with Crippen molar-refractivity contribution in [1.29, 1.82) is 0 Å². The second kappa shape index (κ2) is 6.73. The van der Waals surface area contributed by atoms with Crippen molar-refractivity contribution < 1.29 is 19.8 Å². The van der Waals surface area contributed by atoms with Crippen LogP contribution in [0, 0.1) is 5.41 Å². The van der Waals surface area contributed by atoms with Gasteiger partial charge in [0.15, 0.2) is 0 Å². The molecule has 1 rings (SSSR count). The molecule has 0 spiro atoms. The van der Waals surface area contributed by atoms with Crippen LogP contribution in [0.25, 0.3) is 0 Å². The summed E-state index contributed by atoms with van der Waals surface area (Å²) in [7, 11) is 0. The Balaban J connectivity index is 2.55. The van der Waals surface area contributed by atoms with Gasteiger partial charge < -0.3 is 15.5 Å². The molecule has 0 aromatic rings. The van der Waals surface area contributed by atoms with Crippen molar-refractivity contribution >= 4 is 11.9 Å². The number of hydrogen-bond donors (Lipinski definition) is 3. The molecule has 1 aliphatic rings. The first-order valence-electron chi connectivity index (χ1n) is 6.60. The first-order valence-corrected chi connectivity index (χ1v) is 6.60. The Hall–Kier alpha value is -1.10. The zero-order valence-corrected chi connectivity index (χ0v) is 10.9. The van der Waals surface area contributed by atoms with E-state index in [9.17, 15) is 9.59 Å². The van der Waals surface area contributed by atoms with Gasteiger partial charge in [-0.3, -0.25) is 9.59 Å². The maximum Gasteiger partial charge on any atom is 0.303 e. The summed E-state index contributed by atoms with van der Waals surface area (Å²) in [4.78, 5) is 22.7. The number of hydrogen-bond acceptors (Lipinski definition) is 3. The van der Waals surface area contributed by atoms with E-state index in [-0.39, 0.29) is 30.7 Å². The summed E-state index contributed by atoms with van der Waals surface area (Å²) in [5, 5.41) is 20.7. The van der Waals surface area contributed by atoms with Gasteiger partial charge in [0.25, 0.3) is 0 Å². The van der Waals surface area contributed by atoms with E-state index >= 15 is 0 Å². The fourth-order valence-corrected chi connectivity index (χ4v) is 2.70. The van der Waals surface area contributed by atoms with Gasteiger partial charge in [-0.2, -0.15) is 0 Å². The monoisotopic (exact) mass is 257 g/mol. The zero-order valence-electron chi connectivity index (χ0n) is 10.9. The lowest BCUT2D eigenvalue weighted by molar-refractivity contribution is -0.141. The minimum Gasteiger partial charge on any atom is -0.481 e. The highest BCUT2D eigenvalue weighted by atomic mass is 16.4. The fourth-order valence-electron chi connectivity index (χ4n) is 2.70. The highest BCUT2D eigenvalue weighted by molar-refractivity contribution is 5.78. The number of carbonyl (C=O) groups excluding carboxylic acids is 1. The highest BCUT2D eigenvalue weighted by Gasteiger charge is 2.36. The quantitative estimate of drug-likeness (QED) is 0.669. The van der Waals surface area contributed by atoms with Crippen LogP contribution in [0.15, 0.2) is 0 Å². The van der Waals surface area contributed by atoms with Crippen LogP contribution >= 0.6 is 0 Å². The van der Waals surface area contributed by atoms with Crippen molar-refractivity contribution in [1.82, 2.24) is 5.32 Å². The predicted molar refractivity (Wildman–Crippen MR) is 67.1 cm³/mol. The van der Waals surface area contributed by atoms with Gasteiger partial charge in [-0.1, -0.05) is 19.3 Å². The second-order valence-corrected chi connectivity index (χ2v) is 5.46. The van der Waals surface area contributed by atoms with Crippen molar-refractivity contribution in [2.75, 3.05) is 6.54 Å². The Bertz CT molecular complexity index is 295. The van der Waals surface area contributed by atoms with Gasteiger partial charge in [0.2, 0.25) is 5.91 Å². The van der Waals surface area contributed by atoms with E-state index in [4.69, 9.17) is 10.2 Å². The normalized spacial score (nSPS) is 20.1. The summed E-state index contributed by atoms with van der Waals surface area (Å²) in [5.41, 5.74) is -0.382. The van der Waals surface area contributed by atoms with E-state index in [0.717, 1.165) is 32.1 Å². The minimum absolute atomic E-state index is 0.0646. The zero-order chi connectivity index (χ0) is 13.6. The van der Waals surface area contributed by atoms with Crippen molar-refractivity contribution in [3.05, 3.63) is 0 Å². The molecule has 0 bridgehead atoms. The molecule has 1 fully saturated rings. The molecule has 0 aromatic carbocycles. The number of carbonyl (C=O) groups is 2. The number of carboxylic acids is 1. The fraction of sp³-hybridized carbons (Fsp3) is 0.846. The van der Waals surface area contributed by atoms with E-state index in [2.05, 4.69) is 5.32 Å². The Morgan fingerprint density at radius 2 is 1.83 bits per heavy atom. The number of aliphatic carboxylic acids is 1. The van der Waals surface area contributed by atoms with Gasteiger partial charge in [-0.15, -0.1) is 0 Å². The summed E-state index contributed by atoms with van der Waals surface area (Å²) >= 11 is 0. The molecule has 0 radical (unpaired) electrons. The van der Waals surface area contributed by atoms with Gasteiger partial charge in [0.05, 0.1) is 12.5 Å². The van der Waals surface area contributed by atoms with Gasteiger partial charge in [0.1, 0.15) is 0 Å². The molecule has 0 saturated heterocycles. The lowest BCUT2D eigenvalue weighted by atomic mass is 9.69. The molecule has 5 nitrogen and oxygen atoms in total. The Labute approximate surface area is 108 Å². The van der Waals surface area contributed by atoms with Crippen LogP contribution in [0.3, 0.4) is 0 Å². The lowest BCUT2D eigenvalue weighted by Gasteiger charge is -2.35. The summed E-state index contributed by atoms with van der Waals surface area (Å²) in [6.45, 7) is 1.83. The Morgan fingerprint density at radius 3 is 2.33 bits per heavy atom. The number of carboxylic acid groups (broad SMARTS) is 1. The van der Waals surface area contributed by atoms with Gasteiger partial charge in [-0.05, 0) is 25.2 Å². The third-order valence-electron chi connectivity index (χ3n) is 3.57. The topological polar surface area (TPSA) is 86.6 Å². The van der Waals surface area contributed by atoms with Crippen molar-refractivity contribution in [3.8, 4) is 0 Å². The minimum atomic E-state index is -0.833. The first kappa shape index (κ1) is 15.0.